The molecule has 0 fully saturated rings. The number of nitrogens with zero attached hydrogens (tertiary/aromatic N) is 2. The number of hydrogen-bond acceptors (Lipinski definition) is 6. The molecule has 0 spiro atoms. The Hall–Kier alpha value is -3.85. The van der Waals surface area contributed by atoms with E-state index in [1.54, 1.807) is 49.5 Å². The van der Waals surface area contributed by atoms with E-state index in [1.165, 1.54) is 31.3 Å². The van der Waals surface area contributed by atoms with E-state index < -0.39 is 16.0 Å². The van der Waals surface area contributed by atoms with Gasteiger partial charge in [-0.15, -0.1) is 0 Å². The maximum atomic E-state index is 13.9. The predicted octanol–water partition coefficient (Wildman–Crippen LogP) is 3.41. The number of rotatable bonds is 4. The molecule has 9 heteroatoms. The summed E-state index contributed by atoms with van der Waals surface area (Å²) in [5.74, 6) is -0.441. The normalized spacial score (nSPS) is 13.5. The van der Waals surface area contributed by atoms with Gasteiger partial charge in [0.1, 0.15) is 5.75 Å². The predicted molar refractivity (Wildman–Crippen MR) is 122 cm³/mol. The van der Waals surface area contributed by atoms with Crippen molar-refractivity contribution in [2.45, 2.75) is 11.4 Å². The van der Waals surface area contributed by atoms with Gasteiger partial charge in [0.05, 0.1) is 41.3 Å². The molecule has 4 aromatic rings. The third kappa shape index (κ3) is 2.92. The average molecular weight is 464 g/mol. The first-order valence-electron chi connectivity index (χ1n) is 10.1. The van der Waals surface area contributed by atoms with E-state index in [1.807, 2.05) is 0 Å². The molecule has 0 aliphatic carbocycles. The fraction of sp³-hybridized carbons (Fsp3) is 0.167. The summed E-state index contributed by atoms with van der Waals surface area (Å²) in [5.41, 5.74) is 1.52. The van der Waals surface area contributed by atoms with Crippen LogP contribution in [0.15, 0.2) is 59.5 Å². The molecule has 8 nitrogen and oxygen atoms in total. The molecule has 0 radical (unpaired) electrons. The number of aromatic nitrogens is 1. The van der Waals surface area contributed by atoms with Crippen LogP contribution in [-0.4, -0.2) is 50.4 Å². The smallest absolute Gasteiger partial charge is 0.340 e. The van der Waals surface area contributed by atoms with Gasteiger partial charge in [-0.2, -0.15) is 0 Å². The molecule has 1 aromatic heterocycles. The number of carbonyl (C=O) groups excluding carboxylic acids is 2. The molecule has 0 N–H and O–H groups in total. The molecule has 5 rings (SSSR count). The summed E-state index contributed by atoms with van der Waals surface area (Å²) >= 11 is 0. The molecule has 1 amide bonds. The van der Waals surface area contributed by atoms with Crippen LogP contribution in [0.1, 0.15) is 26.3 Å². The monoisotopic (exact) mass is 464 g/mol. The van der Waals surface area contributed by atoms with Crippen molar-refractivity contribution in [2.24, 2.45) is 0 Å². The first-order valence-corrected chi connectivity index (χ1v) is 11.6. The Bertz CT molecular complexity index is 1570. The van der Waals surface area contributed by atoms with E-state index >= 15 is 0 Å². The van der Waals surface area contributed by atoms with Gasteiger partial charge in [0.15, 0.2) is 0 Å². The van der Waals surface area contributed by atoms with Crippen molar-refractivity contribution >= 4 is 43.7 Å². The Balaban J connectivity index is 2.06. The number of methoxy groups -OCH3 is 2. The topological polar surface area (TPSA) is 94.9 Å². The van der Waals surface area contributed by atoms with Crippen molar-refractivity contribution in [1.29, 1.82) is 0 Å². The number of fused-ring (bicyclic) bond motifs is 5. The van der Waals surface area contributed by atoms with Crippen LogP contribution in [0.5, 0.6) is 5.75 Å². The average Bonchev–Trinajstić information content (AvgIpc) is 3.32. The van der Waals surface area contributed by atoms with Crippen molar-refractivity contribution in [3.8, 4) is 5.75 Å². The van der Waals surface area contributed by atoms with E-state index in [9.17, 15) is 18.0 Å². The summed E-state index contributed by atoms with van der Waals surface area (Å²) in [6.07, 6.45) is 0. The molecule has 0 unspecified atom stereocenters. The van der Waals surface area contributed by atoms with Gasteiger partial charge in [-0.05, 0) is 42.0 Å². The summed E-state index contributed by atoms with van der Waals surface area (Å²) in [6, 6.07) is 14.4. The summed E-state index contributed by atoms with van der Waals surface area (Å²) in [5, 5.41) is 0.880. The van der Waals surface area contributed by atoms with Crippen LogP contribution >= 0.6 is 0 Å². The minimum Gasteiger partial charge on any atom is -0.497 e. The van der Waals surface area contributed by atoms with Crippen LogP contribution in [0.4, 0.5) is 0 Å². The van der Waals surface area contributed by atoms with Crippen LogP contribution in [0.2, 0.25) is 0 Å². The lowest BCUT2D eigenvalue weighted by Gasteiger charge is -2.12. The number of benzene rings is 3. The van der Waals surface area contributed by atoms with E-state index in [-0.39, 0.29) is 21.9 Å². The molecule has 168 valence electrons. The third-order valence-electron chi connectivity index (χ3n) is 5.93. The number of esters is 1. The maximum Gasteiger partial charge on any atom is 0.340 e. The minimum absolute atomic E-state index is 0.0550. The van der Waals surface area contributed by atoms with Crippen molar-refractivity contribution in [3.05, 3.63) is 71.3 Å². The second kappa shape index (κ2) is 7.35. The standard InChI is InChI=1S/C24H20N2O6S/c1-25-13-14-11-18(24(28)32-3)22-21(20(14)23(25)27)17-12-15(31-2)9-10-19(17)26(22)33(29,30)16-7-5-4-6-8-16/h4-12H,13H2,1-3H3. The van der Waals surface area contributed by atoms with E-state index in [0.29, 0.717) is 39.7 Å². The SMILES string of the molecule is COC(=O)c1cc2c(c3c4cc(OC)ccc4n(S(=O)(=O)c4ccccc4)c13)C(=O)N(C)C2. The van der Waals surface area contributed by atoms with Crippen molar-refractivity contribution in [1.82, 2.24) is 8.87 Å². The van der Waals surface area contributed by atoms with Crippen LogP contribution in [0.3, 0.4) is 0 Å². The van der Waals surface area contributed by atoms with Crippen molar-refractivity contribution in [2.75, 3.05) is 21.3 Å². The highest BCUT2D eigenvalue weighted by Gasteiger charge is 2.35. The Morgan fingerprint density at radius 2 is 1.76 bits per heavy atom. The lowest BCUT2D eigenvalue weighted by Crippen LogP contribution is -2.17. The van der Waals surface area contributed by atoms with Gasteiger partial charge in [-0.25, -0.2) is 17.2 Å². The Labute approximate surface area is 190 Å². The van der Waals surface area contributed by atoms with Gasteiger partial charge in [0.2, 0.25) is 0 Å². The molecule has 0 bridgehead atoms. The summed E-state index contributed by atoms with van der Waals surface area (Å²) in [4.78, 5) is 27.5. The first-order chi connectivity index (χ1) is 15.8. The largest absolute Gasteiger partial charge is 0.497 e. The molecule has 0 atom stereocenters. The second-order valence-corrected chi connectivity index (χ2v) is 9.59. The van der Waals surface area contributed by atoms with Gasteiger partial charge in [0, 0.05) is 24.4 Å². The van der Waals surface area contributed by atoms with E-state index in [2.05, 4.69) is 0 Å². The zero-order valence-corrected chi connectivity index (χ0v) is 19.0. The molecule has 3 aromatic carbocycles. The first kappa shape index (κ1) is 21.0. The lowest BCUT2D eigenvalue weighted by molar-refractivity contribution is 0.0602. The zero-order valence-electron chi connectivity index (χ0n) is 18.2. The van der Waals surface area contributed by atoms with Crippen molar-refractivity contribution in [3.63, 3.8) is 0 Å². The molecular formula is C24H20N2O6S. The third-order valence-corrected chi connectivity index (χ3v) is 7.66. The van der Waals surface area contributed by atoms with Gasteiger partial charge in [0.25, 0.3) is 15.9 Å². The quantitative estimate of drug-likeness (QED) is 0.430. The summed E-state index contributed by atoms with van der Waals surface area (Å²) in [6.45, 7) is 0.302. The Morgan fingerprint density at radius 1 is 1.03 bits per heavy atom. The van der Waals surface area contributed by atoms with Gasteiger partial charge in [-0.1, -0.05) is 18.2 Å². The molecule has 0 saturated heterocycles. The van der Waals surface area contributed by atoms with Crippen LogP contribution in [0, 0.1) is 0 Å². The number of carbonyl (C=O) groups is 2. The van der Waals surface area contributed by atoms with Crippen molar-refractivity contribution < 1.29 is 27.5 Å². The van der Waals surface area contributed by atoms with Crippen LogP contribution < -0.4 is 4.74 Å². The number of amides is 1. The summed E-state index contributed by atoms with van der Waals surface area (Å²) < 4.78 is 39.2. The molecule has 1 aliphatic heterocycles. The van der Waals surface area contributed by atoms with Gasteiger partial charge in [-0.3, -0.25) is 4.79 Å². The highest BCUT2D eigenvalue weighted by Crippen LogP contribution is 2.42. The molecule has 1 aliphatic rings. The molecule has 2 heterocycles. The summed E-state index contributed by atoms with van der Waals surface area (Å²) in [7, 11) is 0.262. The minimum atomic E-state index is -4.14. The van der Waals surface area contributed by atoms with Crippen LogP contribution in [-0.2, 0) is 21.3 Å². The number of hydrogen-bond donors (Lipinski definition) is 0. The number of ether oxygens (including phenoxy) is 2. The zero-order chi connectivity index (χ0) is 23.5. The fourth-order valence-corrected chi connectivity index (χ4v) is 6.00. The highest BCUT2D eigenvalue weighted by molar-refractivity contribution is 7.90. The Morgan fingerprint density at radius 3 is 2.42 bits per heavy atom. The van der Waals surface area contributed by atoms with Gasteiger partial charge < -0.3 is 14.4 Å². The molecule has 33 heavy (non-hydrogen) atoms. The van der Waals surface area contributed by atoms with Crippen LogP contribution in [0.25, 0.3) is 21.8 Å². The van der Waals surface area contributed by atoms with Gasteiger partial charge >= 0.3 is 5.97 Å². The van der Waals surface area contributed by atoms with E-state index in [4.69, 9.17) is 9.47 Å². The highest BCUT2D eigenvalue weighted by atomic mass is 32.2. The molecule has 0 saturated carbocycles. The maximum absolute atomic E-state index is 13.9. The Kier molecular flexibility index (Phi) is 4.68. The fourth-order valence-electron chi connectivity index (χ4n) is 4.44. The molecular weight excluding hydrogens is 444 g/mol. The lowest BCUT2D eigenvalue weighted by atomic mass is 9.98. The van der Waals surface area contributed by atoms with E-state index in [0.717, 1.165) is 3.97 Å². The second-order valence-electron chi connectivity index (χ2n) is 7.80.